The van der Waals surface area contributed by atoms with Gasteiger partial charge in [0.05, 0.1) is 10.6 Å². The van der Waals surface area contributed by atoms with Gasteiger partial charge in [-0.05, 0) is 55.9 Å². The van der Waals surface area contributed by atoms with Gasteiger partial charge in [-0.1, -0.05) is 6.92 Å². The van der Waals surface area contributed by atoms with Gasteiger partial charge >= 0.3 is 0 Å². The van der Waals surface area contributed by atoms with E-state index in [4.69, 9.17) is 0 Å². The molecule has 0 spiro atoms. The molecule has 2 aromatic rings. The van der Waals surface area contributed by atoms with Gasteiger partial charge in [-0.3, -0.25) is 14.5 Å². The molecule has 3 rings (SSSR count). The fourth-order valence-electron chi connectivity index (χ4n) is 3.36. The first-order chi connectivity index (χ1) is 14.5. The molecule has 2 N–H and O–H groups in total. The molecule has 2 heterocycles. The summed E-state index contributed by atoms with van der Waals surface area (Å²) in [5.41, 5.74) is 0.873. The zero-order valence-corrected chi connectivity index (χ0v) is 18.1. The van der Waals surface area contributed by atoms with Crippen molar-refractivity contribution in [3.05, 3.63) is 54.4 Å². The summed E-state index contributed by atoms with van der Waals surface area (Å²) < 4.78 is 27.4. The zero-order chi connectivity index (χ0) is 21.4. The fourth-order valence-corrected chi connectivity index (χ4v) is 4.41. The minimum absolute atomic E-state index is 0.0992. The summed E-state index contributed by atoms with van der Waals surface area (Å²) in [5.74, 6) is -0.197. The van der Waals surface area contributed by atoms with E-state index < -0.39 is 10.0 Å². The number of benzene rings is 1. The third-order valence-corrected chi connectivity index (χ3v) is 6.61. The third-order valence-electron chi connectivity index (χ3n) is 5.21. The normalized spacial score (nSPS) is 15.6. The van der Waals surface area contributed by atoms with Crippen LogP contribution >= 0.6 is 0 Å². The molecular weight excluding hydrogens is 402 g/mol. The summed E-state index contributed by atoms with van der Waals surface area (Å²) in [6, 6.07) is 9.07. The molecule has 1 saturated heterocycles. The van der Waals surface area contributed by atoms with Crippen molar-refractivity contribution >= 4 is 21.6 Å². The predicted molar refractivity (Wildman–Crippen MR) is 117 cm³/mol. The number of likely N-dealkylation sites (N-methyl/N-ethyl adjacent to an activating group) is 1. The molecule has 1 amide bonds. The van der Waals surface area contributed by atoms with Crippen molar-refractivity contribution in [2.75, 3.05) is 50.5 Å². The maximum absolute atomic E-state index is 12.4. The molecule has 9 heteroatoms. The Hall–Kier alpha value is -2.49. The van der Waals surface area contributed by atoms with Crippen molar-refractivity contribution in [2.24, 2.45) is 0 Å². The molecule has 0 aliphatic carbocycles. The lowest BCUT2D eigenvalue weighted by molar-refractivity contribution is 0.0948. The highest BCUT2D eigenvalue weighted by Crippen LogP contribution is 2.16. The van der Waals surface area contributed by atoms with Crippen molar-refractivity contribution < 1.29 is 13.2 Å². The summed E-state index contributed by atoms with van der Waals surface area (Å²) >= 11 is 0. The summed E-state index contributed by atoms with van der Waals surface area (Å²) in [6.45, 7) is 9.21. The third kappa shape index (κ3) is 6.25. The average Bonchev–Trinajstić information content (AvgIpc) is 2.77. The van der Waals surface area contributed by atoms with E-state index in [-0.39, 0.29) is 10.8 Å². The van der Waals surface area contributed by atoms with E-state index in [1.54, 1.807) is 12.1 Å². The van der Waals surface area contributed by atoms with Gasteiger partial charge in [-0.15, -0.1) is 0 Å². The Balaban J connectivity index is 1.44. The van der Waals surface area contributed by atoms with Crippen LogP contribution in [-0.4, -0.2) is 74.9 Å². The van der Waals surface area contributed by atoms with Crippen LogP contribution in [0, 0.1) is 0 Å². The molecule has 162 valence electrons. The number of carbonyl (C=O) groups is 1. The van der Waals surface area contributed by atoms with E-state index in [0.717, 1.165) is 45.7 Å². The Morgan fingerprint density at radius 2 is 1.63 bits per heavy atom. The van der Waals surface area contributed by atoms with E-state index in [1.165, 1.54) is 36.7 Å². The summed E-state index contributed by atoms with van der Waals surface area (Å²) in [6.07, 6.45) is 3.91. The second-order valence-electron chi connectivity index (χ2n) is 7.25. The van der Waals surface area contributed by atoms with E-state index in [1.807, 2.05) is 0 Å². The highest BCUT2D eigenvalue weighted by Gasteiger charge is 2.16. The lowest BCUT2D eigenvalue weighted by Gasteiger charge is -2.33. The molecular formula is C21H29N5O3S. The number of amides is 1. The molecule has 0 bridgehead atoms. The second kappa shape index (κ2) is 10.5. The fraction of sp³-hybridized carbons (Fsp3) is 0.429. The summed E-state index contributed by atoms with van der Waals surface area (Å²) in [7, 11) is -3.71. The van der Waals surface area contributed by atoms with Crippen LogP contribution in [0.3, 0.4) is 0 Å². The van der Waals surface area contributed by atoms with Crippen molar-refractivity contribution in [1.29, 1.82) is 0 Å². The topological polar surface area (TPSA) is 94.6 Å². The largest absolute Gasteiger partial charge is 0.352 e. The number of hydrogen-bond donors (Lipinski definition) is 2. The molecule has 1 aromatic heterocycles. The Labute approximate surface area is 178 Å². The molecule has 1 aliphatic rings. The van der Waals surface area contributed by atoms with E-state index >= 15 is 0 Å². The maximum Gasteiger partial charge on any atom is 0.261 e. The van der Waals surface area contributed by atoms with Gasteiger partial charge < -0.3 is 15.1 Å². The molecule has 0 saturated carbocycles. The van der Waals surface area contributed by atoms with Crippen molar-refractivity contribution in [1.82, 2.24) is 20.1 Å². The number of anilines is 1. The Morgan fingerprint density at radius 3 is 2.27 bits per heavy atom. The van der Waals surface area contributed by atoms with Gasteiger partial charge in [0.1, 0.15) is 0 Å². The maximum atomic E-state index is 12.4. The molecule has 30 heavy (non-hydrogen) atoms. The Bertz CT molecular complexity index is 911. The van der Waals surface area contributed by atoms with Crippen LogP contribution in [0.25, 0.3) is 0 Å². The van der Waals surface area contributed by atoms with Crippen LogP contribution in [0.5, 0.6) is 0 Å². The van der Waals surface area contributed by atoms with Crippen molar-refractivity contribution in [2.45, 2.75) is 18.2 Å². The molecule has 1 aliphatic heterocycles. The first kappa shape index (κ1) is 22.2. The average molecular weight is 432 g/mol. The van der Waals surface area contributed by atoms with Gasteiger partial charge in [-0.25, -0.2) is 8.42 Å². The van der Waals surface area contributed by atoms with E-state index in [9.17, 15) is 13.2 Å². The van der Waals surface area contributed by atoms with Gasteiger partial charge in [0, 0.05) is 50.7 Å². The first-order valence-electron chi connectivity index (χ1n) is 10.2. The summed E-state index contributed by atoms with van der Waals surface area (Å²) in [5, 5.41) is 2.91. The second-order valence-corrected chi connectivity index (χ2v) is 8.93. The highest BCUT2D eigenvalue weighted by molar-refractivity contribution is 7.92. The van der Waals surface area contributed by atoms with Crippen LogP contribution in [0.2, 0.25) is 0 Å². The smallest absolute Gasteiger partial charge is 0.261 e. The van der Waals surface area contributed by atoms with Crippen LogP contribution in [-0.2, 0) is 10.0 Å². The highest BCUT2D eigenvalue weighted by atomic mass is 32.2. The minimum Gasteiger partial charge on any atom is -0.352 e. The predicted octanol–water partition coefficient (Wildman–Crippen LogP) is 1.64. The summed E-state index contributed by atoms with van der Waals surface area (Å²) in [4.78, 5) is 21.1. The number of piperazine rings is 1. The number of nitrogens with one attached hydrogen (secondary N) is 2. The number of sulfonamides is 1. The van der Waals surface area contributed by atoms with Gasteiger partial charge in [0.25, 0.3) is 15.9 Å². The first-order valence-corrected chi connectivity index (χ1v) is 11.7. The molecule has 1 aromatic carbocycles. The number of carbonyl (C=O) groups excluding carboxylic acids is 1. The van der Waals surface area contributed by atoms with Gasteiger partial charge in [0.2, 0.25) is 0 Å². The Morgan fingerprint density at radius 1 is 1.00 bits per heavy atom. The number of hydrogen-bond acceptors (Lipinski definition) is 6. The zero-order valence-electron chi connectivity index (χ0n) is 17.3. The Kier molecular flexibility index (Phi) is 7.78. The SMILES string of the molecule is CCN1CCN(CCCNC(=O)c2ccc(S(=O)(=O)Nc3ccncc3)cc2)CC1. The number of rotatable bonds is 9. The quantitative estimate of drug-likeness (QED) is 0.586. The lowest BCUT2D eigenvalue weighted by Crippen LogP contribution is -2.46. The molecule has 0 unspecified atom stereocenters. The van der Waals surface area contributed by atoms with Crippen LogP contribution in [0.15, 0.2) is 53.7 Å². The molecule has 8 nitrogen and oxygen atoms in total. The van der Waals surface area contributed by atoms with Crippen molar-refractivity contribution in [3.8, 4) is 0 Å². The van der Waals surface area contributed by atoms with Crippen LogP contribution in [0.4, 0.5) is 5.69 Å². The van der Waals surface area contributed by atoms with Gasteiger partial charge in [0.15, 0.2) is 0 Å². The monoisotopic (exact) mass is 431 g/mol. The standard InChI is InChI=1S/C21H29N5O3S/c1-2-25-14-16-26(17-15-25)13-3-10-23-21(27)18-4-6-20(7-5-18)30(28,29)24-19-8-11-22-12-9-19/h4-9,11-12H,2-3,10,13-17H2,1H3,(H,22,24)(H,23,27). The van der Waals surface area contributed by atoms with E-state index in [0.29, 0.717) is 17.8 Å². The number of nitrogens with zero attached hydrogens (tertiary/aromatic N) is 3. The molecule has 0 radical (unpaired) electrons. The minimum atomic E-state index is -3.71. The number of pyridine rings is 1. The van der Waals surface area contributed by atoms with Crippen molar-refractivity contribution in [3.63, 3.8) is 0 Å². The molecule has 1 fully saturated rings. The molecule has 0 atom stereocenters. The van der Waals surface area contributed by atoms with Crippen LogP contribution < -0.4 is 10.0 Å². The lowest BCUT2D eigenvalue weighted by atomic mass is 10.2. The van der Waals surface area contributed by atoms with Crippen LogP contribution in [0.1, 0.15) is 23.7 Å². The van der Waals surface area contributed by atoms with Gasteiger partial charge in [-0.2, -0.15) is 0 Å². The number of aromatic nitrogens is 1. The van der Waals surface area contributed by atoms with E-state index in [2.05, 4.69) is 31.7 Å².